The molecule has 1 fully saturated rings. The predicted molar refractivity (Wildman–Crippen MR) is 111 cm³/mol. The maximum Gasteiger partial charge on any atom is 0.323 e. The first kappa shape index (κ1) is 19.2. The average Bonchev–Trinajstić information content (AvgIpc) is 3.41. The first-order valence-electron chi connectivity index (χ1n) is 9.80. The van der Waals surface area contributed by atoms with Crippen molar-refractivity contribution in [1.29, 1.82) is 0 Å². The highest BCUT2D eigenvalue weighted by atomic mass is 16.5. The zero-order chi connectivity index (χ0) is 20.2. The quantitative estimate of drug-likeness (QED) is 0.600. The van der Waals surface area contributed by atoms with Gasteiger partial charge in [-0.05, 0) is 55.8 Å². The van der Waals surface area contributed by atoms with Gasteiger partial charge in [-0.1, -0.05) is 18.2 Å². The second-order valence-electron chi connectivity index (χ2n) is 7.16. The van der Waals surface area contributed by atoms with Gasteiger partial charge < -0.3 is 9.47 Å². The van der Waals surface area contributed by atoms with Crippen molar-refractivity contribution < 1.29 is 14.3 Å². The highest BCUT2D eigenvalue weighted by Crippen LogP contribution is 2.29. The van der Waals surface area contributed by atoms with Gasteiger partial charge in [-0.25, -0.2) is 4.68 Å². The second kappa shape index (κ2) is 8.49. The number of ether oxygens (including phenoxy) is 2. The van der Waals surface area contributed by atoms with Crippen molar-refractivity contribution >= 4 is 5.97 Å². The molecule has 1 unspecified atom stereocenters. The summed E-state index contributed by atoms with van der Waals surface area (Å²) in [6.45, 7) is 1.52. The van der Waals surface area contributed by atoms with Crippen molar-refractivity contribution in [2.45, 2.75) is 25.4 Å². The van der Waals surface area contributed by atoms with Gasteiger partial charge >= 0.3 is 5.97 Å². The normalized spacial score (nSPS) is 16.7. The van der Waals surface area contributed by atoms with Crippen LogP contribution in [0.25, 0.3) is 16.9 Å². The highest BCUT2D eigenvalue weighted by molar-refractivity contribution is 5.76. The van der Waals surface area contributed by atoms with Gasteiger partial charge in [0.15, 0.2) is 0 Å². The van der Waals surface area contributed by atoms with E-state index in [1.54, 1.807) is 7.11 Å². The number of esters is 1. The van der Waals surface area contributed by atoms with Gasteiger partial charge in [0.2, 0.25) is 0 Å². The molecule has 29 heavy (non-hydrogen) atoms. The van der Waals surface area contributed by atoms with E-state index < -0.39 is 0 Å². The molecule has 4 rings (SSSR count). The van der Waals surface area contributed by atoms with Crippen molar-refractivity contribution in [3.63, 3.8) is 0 Å². The summed E-state index contributed by atoms with van der Waals surface area (Å²) in [6.07, 6.45) is 3.88. The van der Waals surface area contributed by atoms with E-state index in [0.717, 1.165) is 47.6 Å². The lowest BCUT2D eigenvalue weighted by atomic mass is 10.1. The molecule has 0 amide bonds. The SMILES string of the molecule is COC(=O)C1CCCN1Cc1cn(-c2ccccc2)nc1-c1ccc(OC)cc1. The van der Waals surface area contributed by atoms with Gasteiger partial charge in [0.1, 0.15) is 11.8 Å². The lowest BCUT2D eigenvalue weighted by molar-refractivity contribution is -0.146. The molecule has 1 aliphatic rings. The third kappa shape index (κ3) is 4.03. The number of carbonyl (C=O) groups excluding carboxylic acids is 1. The maximum atomic E-state index is 12.2. The predicted octanol–water partition coefficient (Wildman–Crippen LogP) is 3.69. The largest absolute Gasteiger partial charge is 0.497 e. The molecule has 0 bridgehead atoms. The number of benzene rings is 2. The molecule has 0 saturated carbocycles. The molecule has 1 saturated heterocycles. The molecule has 0 radical (unpaired) electrons. The van der Waals surface area contributed by atoms with Crippen LogP contribution in [0.2, 0.25) is 0 Å². The van der Waals surface area contributed by atoms with Gasteiger partial charge in [0.05, 0.1) is 25.6 Å². The Bertz CT molecular complexity index is 967. The van der Waals surface area contributed by atoms with E-state index in [-0.39, 0.29) is 12.0 Å². The molecule has 1 aliphatic heterocycles. The van der Waals surface area contributed by atoms with Crippen molar-refractivity contribution in [3.05, 3.63) is 66.4 Å². The summed E-state index contributed by atoms with van der Waals surface area (Å²) in [5.74, 6) is 0.645. The smallest absolute Gasteiger partial charge is 0.323 e. The van der Waals surface area contributed by atoms with Gasteiger partial charge in [0.25, 0.3) is 0 Å². The van der Waals surface area contributed by atoms with Crippen molar-refractivity contribution in [3.8, 4) is 22.7 Å². The fraction of sp³-hybridized carbons (Fsp3) is 0.304. The third-order valence-electron chi connectivity index (χ3n) is 5.38. The second-order valence-corrected chi connectivity index (χ2v) is 7.16. The minimum absolute atomic E-state index is 0.163. The van der Waals surface area contributed by atoms with Crippen LogP contribution in [0.4, 0.5) is 0 Å². The topological polar surface area (TPSA) is 56.6 Å². The Morgan fingerprint density at radius 2 is 1.86 bits per heavy atom. The lowest BCUT2D eigenvalue weighted by Crippen LogP contribution is -2.36. The first-order valence-corrected chi connectivity index (χ1v) is 9.80. The summed E-state index contributed by atoms with van der Waals surface area (Å²) in [4.78, 5) is 14.4. The summed E-state index contributed by atoms with van der Waals surface area (Å²) >= 11 is 0. The Balaban J connectivity index is 1.70. The van der Waals surface area contributed by atoms with Crippen LogP contribution >= 0.6 is 0 Å². The van der Waals surface area contributed by atoms with Crippen LogP contribution in [0.15, 0.2) is 60.8 Å². The Kier molecular flexibility index (Phi) is 5.62. The summed E-state index contributed by atoms with van der Waals surface area (Å²) in [6, 6.07) is 17.8. The van der Waals surface area contributed by atoms with E-state index in [1.807, 2.05) is 59.3 Å². The summed E-state index contributed by atoms with van der Waals surface area (Å²) in [5, 5.41) is 4.87. The number of hydrogen-bond donors (Lipinski definition) is 0. The maximum absolute atomic E-state index is 12.2. The van der Waals surface area contributed by atoms with Crippen LogP contribution in [-0.2, 0) is 16.1 Å². The van der Waals surface area contributed by atoms with Crippen LogP contribution < -0.4 is 4.74 Å². The summed E-state index contributed by atoms with van der Waals surface area (Å²) in [5.41, 5.74) is 4.01. The van der Waals surface area contributed by atoms with Crippen molar-refractivity contribution in [2.24, 2.45) is 0 Å². The average molecular weight is 391 g/mol. The third-order valence-corrected chi connectivity index (χ3v) is 5.38. The molecule has 6 heteroatoms. The molecule has 150 valence electrons. The molecule has 6 nitrogen and oxygen atoms in total. The molecule has 1 atom stereocenters. The van der Waals surface area contributed by atoms with Gasteiger partial charge in [-0.3, -0.25) is 9.69 Å². The van der Waals surface area contributed by atoms with E-state index >= 15 is 0 Å². The number of nitrogens with zero attached hydrogens (tertiary/aromatic N) is 3. The van der Waals surface area contributed by atoms with Crippen molar-refractivity contribution in [1.82, 2.24) is 14.7 Å². The molecule has 0 spiro atoms. The monoisotopic (exact) mass is 391 g/mol. The van der Waals surface area contributed by atoms with Gasteiger partial charge in [0, 0.05) is 23.9 Å². The van der Waals surface area contributed by atoms with Crippen LogP contribution in [0, 0.1) is 0 Å². The van der Waals surface area contributed by atoms with Gasteiger partial charge in [-0.2, -0.15) is 5.10 Å². The Morgan fingerprint density at radius 1 is 1.10 bits per heavy atom. The Labute approximate surface area is 170 Å². The van der Waals surface area contributed by atoms with Crippen LogP contribution in [0.1, 0.15) is 18.4 Å². The summed E-state index contributed by atoms with van der Waals surface area (Å²) < 4.78 is 12.2. The number of para-hydroxylation sites is 1. The molecule has 0 aliphatic carbocycles. The Hall–Kier alpha value is -3.12. The fourth-order valence-electron chi connectivity index (χ4n) is 3.87. The van der Waals surface area contributed by atoms with Crippen LogP contribution in [-0.4, -0.2) is 47.5 Å². The number of likely N-dealkylation sites (tertiary alicyclic amines) is 1. The molecular weight excluding hydrogens is 366 g/mol. The lowest BCUT2D eigenvalue weighted by Gasteiger charge is -2.22. The molecule has 2 heterocycles. The highest BCUT2D eigenvalue weighted by Gasteiger charge is 2.32. The standard InChI is InChI=1S/C23H25N3O3/c1-28-20-12-10-17(11-13-20)22-18(15-25-14-6-9-21(25)23(27)29-2)16-26(24-22)19-7-4-3-5-8-19/h3-5,7-8,10-13,16,21H,6,9,14-15H2,1-2H3. The molecule has 2 aromatic carbocycles. The number of carbonyl (C=O) groups is 1. The van der Waals surface area contributed by atoms with E-state index in [9.17, 15) is 4.79 Å². The van der Waals surface area contributed by atoms with E-state index in [0.29, 0.717) is 6.54 Å². The fourth-order valence-corrected chi connectivity index (χ4v) is 3.87. The minimum Gasteiger partial charge on any atom is -0.497 e. The molecular formula is C23H25N3O3. The number of hydrogen-bond acceptors (Lipinski definition) is 5. The number of aromatic nitrogens is 2. The summed E-state index contributed by atoms with van der Waals surface area (Å²) in [7, 11) is 3.11. The zero-order valence-electron chi connectivity index (χ0n) is 16.7. The van der Waals surface area contributed by atoms with Crippen LogP contribution in [0.5, 0.6) is 5.75 Å². The first-order chi connectivity index (χ1) is 14.2. The minimum atomic E-state index is -0.191. The van der Waals surface area contributed by atoms with E-state index in [1.165, 1.54) is 7.11 Å². The molecule has 3 aromatic rings. The zero-order valence-corrected chi connectivity index (χ0v) is 16.7. The van der Waals surface area contributed by atoms with Crippen LogP contribution in [0.3, 0.4) is 0 Å². The van der Waals surface area contributed by atoms with Crippen molar-refractivity contribution in [2.75, 3.05) is 20.8 Å². The van der Waals surface area contributed by atoms with Gasteiger partial charge in [-0.15, -0.1) is 0 Å². The number of methoxy groups -OCH3 is 2. The van der Waals surface area contributed by atoms with E-state index in [2.05, 4.69) is 11.1 Å². The Morgan fingerprint density at radius 3 is 2.55 bits per heavy atom. The molecule has 1 aromatic heterocycles. The number of rotatable bonds is 6. The van der Waals surface area contributed by atoms with E-state index in [4.69, 9.17) is 14.6 Å². The molecule has 0 N–H and O–H groups in total.